The van der Waals surface area contributed by atoms with Crippen LogP contribution in [0.5, 0.6) is 11.6 Å². The lowest BCUT2D eigenvalue weighted by atomic mass is 10.1. The molecular weight excluding hydrogens is 627 g/mol. The number of H-pyrrole nitrogens is 1. The van der Waals surface area contributed by atoms with Crippen LogP contribution in [0.4, 0.5) is 29.5 Å². The molecule has 6 aromatic rings. The first kappa shape index (κ1) is 30.2. The largest absolute Gasteiger partial charge is 0.433 e. The van der Waals surface area contributed by atoms with Crippen LogP contribution in [-0.4, -0.2) is 43.5 Å². The van der Waals surface area contributed by atoms with Crippen LogP contribution in [-0.2, 0) is 11.2 Å². The van der Waals surface area contributed by atoms with Gasteiger partial charge in [0.1, 0.15) is 17.7 Å². The molecule has 7 rings (SSSR count). The Morgan fingerprint density at radius 2 is 1.69 bits per heavy atom. The van der Waals surface area contributed by atoms with E-state index in [-0.39, 0.29) is 35.1 Å². The summed E-state index contributed by atoms with van der Waals surface area (Å²) in [5.41, 5.74) is 8.16. The zero-order valence-corrected chi connectivity index (χ0v) is 25.0. The molecule has 0 unspecified atom stereocenters. The number of para-hydroxylation sites is 1. The Balaban J connectivity index is 1.13. The van der Waals surface area contributed by atoms with E-state index in [2.05, 4.69) is 20.4 Å². The number of aromatic nitrogens is 4. The van der Waals surface area contributed by atoms with Gasteiger partial charge in [-0.15, -0.1) is 0 Å². The number of hydrogen-bond donors (Lipinski definition) is 3. The van der Waals surface area contributed by atoms with Gasteiger partial charge in [0.15, 0.2) is 11.6 Å². The number of ketones is 1. The van der Waals surface area contributed by atoms with E-state index < -0.39 is 47.0 Å². The maximum atomic E-state index is 15.3. The van der Waals surface area contributed by atoms with Crippen LogP contribution in [0.3, 0.4) is 0 Å². The third kappa shape index (κ3) is 5.28. The number of carbonyl (C=O) groups excluding carboxylic acids is 3. The summed E-state index contributed by atoms with van der Waals surface area (Å²) in [5, 5.41) is 7.16. The molecule has 0 spiro atoms. The second kappa shape index (κ2) is 11.7. The number of hydrogen-bond acceptors (Lipinski definition) is 7. The molecule has 1 aliphatic heterocycles. The molecule has 0 bridgehead atoms. The number of nitrogens with two attached hydrogens (primary N) is 1. The number of nitrogen functional groups attached to an aromatic ring is 1. The molecular formula is C34H24F3N7O4. The predicted octanol–water partition coefficient (Wildman–Crippen LogP) is 5.75. The molecule has 4 heterocycles. The number of carbonyl (C=O) groups is 3. The van der Waals surface area contributed by atoms with Crippen LogP contribution < -0.4 is 20.7 Å². The first-order valence-electron chi connectivity index (χ1n) is 14.6. The van der Waals surface area contributed by atoms with E-state index in [1.807, 2.05) is 30.3 Å². The molecule has 48 heavy (non-hydrogen) atoms. The van der Waals surface area contributed by atoms with Crippen LogP contribution in [0, 0.1) is 24.4 Å². The van der Waals surface area contributed by atoms with Crippen molar-refractivity contribution in [1.82, 2.24) is 25.1 Å². The number of ether oxygens (including phenoxy) is 1. The summed E-state index contributed by atoms with van der Waals surface area (Å²) in [4.78, 5) is 47.3. The monoisotopic (exact) mass is 651 g/mol. The van der Waals surface area contributed by atoms with Gasteiger partial charge >= 0.3 is 6.03 Å². The summed E-state index contributed by atoms with van der Waals surface area (Å²) in [5.74, 6) is -4.49. The van der Waals surface area contributed by atoms with Gasteiger partial charge in [-0.2, -0.15) is 5.10 Å². The predicted molar refractivity (Wildman–Crippen MR) is 169 cm³/mol. The van der Waals surface area contributed by atoms with Crippen molar-refractivity contribution in [2.75, 3.05) is 10.6 Å². The maximum Gasteiger partial charge on any atom is 0.329 e. The van der Waals surface area contributed by atoms with Crippen LogP contribution >= 0.6 is 0 Å². The summed E-state index contributed by atoms with van der Waals surface area (Å²) in [6, 6.07) is 16.1. The molecule has 0 radical (unpaired) electrons. The van der Waals surface area contributed by atoms with E-state index >= 15 is 4.39 Å². The molecule has 3 amide bonds. The second-order valence-electron chi connectivity index (χ2n) is 11.1. The van der Waals surface area contributed by atoms with E-state index in [0.29, 0.717) is 22.2 Å². The minimum Gasteiger partial charge on any atom is -0.433 e. The molecule has 1 atom stereocenters. The molecule has 11 nitrogen and oxygen atoms in total. The number of nitrogens with zero attached hydrogens (tertiary/aromatic N) is 4. The van der Waals surface area contributed by atoms with Crippen LogP contribution in [0.2, 0.25) is 0 Å². The van der Waals surface area contributed by atoms with Crippen molar-refractivity contribution in [2.45, 2.75) is 19.4 Å². The topological polar surface area (TPSA) is 148 Å². The van der Waals surface area contributed by atoms with Crippen molar-refractivity contribution in [3.63, 3.8) is 0 Å². The summed E-state index contributed by atoms with van der Waals surface area (Å²) < 4.78 is 50.0. The van der Waals surface area contributed by atoms with Crippen LogP contribution in [0.25, 0.3) is 16.6 Å². The third-order valence-electron chi connectivity index (χ3n) is 7.94. The van der Waals surface area contributed by atoms with E-state index in [1.54, 1.807) is 6.92 Å². The number of aryl methyl sites for hydroxylation is 1. The van der Waals surface area contributed by atoms with Gasteiger partial charge in [-0.05, 0) is 48.4 Å². The van der Waals surface area contributed by atoms with E-state index in [1.165, 1.54) is 41.3 Å². The number of rotatable bonds is 8. The standard InChI is InChI=1S/C34H24F3N7O4/c1-17-10-29(48-31-21(35)8-5-9-22(31)36)39-16-28(17)44-32(38)20(15-40-44)30(45)25-13-19-12-23(37)27(14-24(19)41-25)43-33(46)26(42-34(43)47)11-18-6-3-2-4-7-18/h2-10,12-16,26,41H,11,38H2,1H3,(H,42,47)/t26-/m0/s1. The second-order valence-corrected chi connectivity index (χ2v) is 11.1. The average molecular weight is 652 g/mol. The van der Waals surface area contributed by atoms with Gasteiger partial charge in [-0.3, -0.25) is 9.59 Å². The molecule has 1 saturated heterocycles. The van der Waals surface area contributed by atoms with Gasteiger partial charge in [0.05, 0.1) is 35.0 Å². The highest BCUT2D eigenvalue weighted by Crippen LogP contribution is 2.32. The first-order valence-corrected chi connectivity index (χ1v) is 14.6. The molecule has 0 aliphatic carbocycles. The Hall–Kier alpha value is -6.44. The lowest BCUT2D eigenvalue weighted by Crippen LogP contribution is -2.33. The Labute approximate surface area is 269 Å². The zero-order valence-electron chi connectivity index (χ0n) is 25.0. The number of pyridine rings is 1. The Morgan fingerprint density at radius 1 is 0.938 bits per heavy atom. The molecule has 4 N–H and O–H groups in total. The summed E-state index contributed by atoms with van der Waals surface area (Å²) in [7, 11) is 0. The van der Waals surface area contributed by atoms with Gasteiger partial charge in [0.2, 0.25) is 17.4 Å². The fourth-order valence-electron chi connectivity index (χ4n) is 5.54. The van der Waals surface area contributed by atoms with Gasteiger partial charge in [0, 0.05) is 23.4 Å². The normalized spacial score (nSPS) is 14.5. The molecule has 1 fully saturated rings. The zero-order chi connectivity index (χ0) is 33.7. The van der Waals surface area contributed by atoms with Crippen molar-refractivity contribution >= 4 is 40.1 Å². The molecule has 14 heteroatoms. The Kier molecular flexibility index (Phi) is 7.39. The average Bonchev–Trinajstić information content (AvgIpc) is 3.73. The van der Waals surface area contributed by atoms with Gasteiger partial charge in [-0.25, -0.2) is 32.5 Å². The van der Waals surface area contributed by atoms with Crippen LogP contribution in [0.15, 0.2) is 85.2 Å². The number of amides is 3. The lowest BCUT2D eigenvalue weighted by molar-refractivity contribution is -0.118. The number of fused-ring (bicyclic) bond motifs is 1. The van der Waals surface area contributed by atoms with Gasteiger partial charge in [0.25, 0.3) is 5.91 Å². The van der Waals surface area contributed by atoms with Crippen molar-refractivity contribution in [1.29, 1.82) is 0 Å². The van der Waals surface area contributed by atoms with Gasteiger partial charge < -0.3 is 20.8 Å². The number of benzene rings is 3. The molecule has 3 aromatic carbocycles. The fraction of sp³-hybridized carbons (Fsp3) is 0.0882. The first-order chi connectivity index (χ1) is 23.1. The Bertz CT molecular complexity index is 2250. The van der Waals surface area contributed by atoms with E-state index in [9.17, 15) is 23.2 Å². The minimum atomic E-state index is -0.892. The number of nitrogens with one attached hydrogen (secondary N) is 2. The third-order valence-corrected chi connectivity index (χ3v) is 7.94. The van der Waals surface area contributed by atoms with Gasteiger partial charge in [-0.1, -0.05) is 36.4 Å². The van der Waals surface area contributed by atoms with Crippen molar-refractivity contribution < 1.29 is 32.3 Å². The highest BCUT2D eigenvalue weighted by atomic mass is 19.1. The van der Waals surface area contributed by atoms with E-state index in [0.717, 1.165) is 28.7 Å². The molecule has 1 aliphatic rings. The SMILES string of the molecule is Cc1cc(Oc2c(F)cccc2F)ncc1-n1ncc(C(=O)c2cc3cc(F)c(N4C(=O)N[C@@H](Cc5ccccc5)C4=O)cc3[nH]2)c1N. The van der Waals surface area contributed by atoms with Crippen LogP contribution in [0.1, 0.15) is 27.2 Å². The molecule has 0 saturated carbocycles. The number of urea groups is 1. The molecule has 240 valence electrons. The van der Waals surface area contributed by atoms with Crippen molar-refractivity contribution in [3.05, 3.63) is 125 Å². The van der Waals surface area contributed by atoms with E-state index in [4.69, 9.17) is 10.5 Å². The summed E-state index contributed by atoms with van der Waals surface area (Å²) in [6.07, 6.45) is 2.82. The smallest absolute Gasteiger partial charge is 0.329 e. The number of halogens is 3. The highest BCUT2D eigenvalue weighted by molar-refractivity contribution is 6.22. The van der Waals surface area contributed by atoms with Crippen molar-refractivity contribution in [3.8, 4) is 17.3 Å². The summed E-state index contributed by atoms with van der Waals surface area (Å²) >= 11 is 0. The lowest BCUT2D eigenvalue weighted by Gasteiger charge is -2.14. The minimum absolute atomic E-state index is 0.0215. The number of imide groups is 1. The fourth-order valence-corrected chi connectivity index (χ4v) is 5.54. The number of anilines is 2. The molecule has 3 aromatic heterocycles. The van der Waals surface area contributed by atoms with Crippen molar-refractivity contribution in [2.24, 2.45) is 0 Å². The summed E-state index contributed by atoms with van der Waals surface area (Å²) in [6.45, 7) is 1.67. The Morgan fingerprint density at radius 3 is 2.42 bits per heavy atom. The highest BCUT2D eigenvalue weighted by Gasteiger charge is 2.40. The quantitative estimate of drug-likeness (QED) is 0.140. The maximum absolute atomic E-state index is 15.3. The number of aromatic amines is 1.